The number of aromatic nitrogens is 1. The highest BCUT2D eigenvalue weighted by Gasteiger charge is 2.31. The van der Waals surface area contributed by atoms with Gasteiger partial charge >= 0.3 is 0 Å². The van der Waals surface area contributed by atoms with Crippen molar-refractivity contribution in [3.8, 4) is 0 Å². The fourth-order valence-corrected chi connectivity index (χ4v) is 4.47. The smallest absolute Gasteiger partial charge is 0.265 e. The third kappa shape index (κ3) is 3.71. The van der Waals surface area contributed by atoms with E-state index in [9.17, 15) is 22.4 Å². The van der Waals surface area contributed by atoms with Gasteiger partial charge in [0.2, 0.25) is 10.0 Å². The van der Waals surface area contributed by atoms with Crippen molar-refractivity contribution >= 4 is 21.8 Å². The Balaban J connectivity index is 1.71. The summed E-state index contributed by atoms with van der Waals surface area (Å²) in [5.41, 5.74) is 5.67. The minimum absolute atomic E-state index is 0.0166. The van der Waals surface area contributed by atoms with Crippen molar-refractivity contribution < 1.29 is 22.4 Å². The number of halogens is 1. The van der Waals surface area contributed by atoms with Gasteiger partial charge in [-0.25, -0.2) is 12.8 Å². The van der Waals surface area contributed by atoms with Gasteiger partial charge in [0.15, 0.2) is 0 Å². The molecule has 144 valence electrons. The number of carbonyl (C=O) groups excluding carboxylic acids is 2. The summed E-state index contributed by atoms with van der Waals surface area (Å²) in [5, 5.41) is 0. The minimum Gasteiger partial charge on any atom is -0.364 e. The molecule has 0 bridgehead atoms. The van der Waals surface area contributed by atoms with E-state index in [4.69, 9.17) is 5.73 Å². The van der Waals surface area contributed by atoms with Gasteiger partial charge in [0.05, 0.1) is 0 Å². The van der Waals surface area contributed by atoms with Crippen molar-refractivity contribution in [3.05, 3.63) is 53.6 Å². The second kappa shape index (κ2) is 7.12. The molecule has 0 unspecified atom stereocenters. The number of benzene rings is 1. The van der Waals surface area contributed by atoms with E-state index in [1.165, 1.54) is 50.3 Å². The molecule has 1 fully saturated rings. The normalized spacial score (nSPS) is 15.7. The number of piperazine rings is 1. The maximum absolute atomic E-state index is 13.0. The van der Waals surface area contributed by atoms with Crippen LogP contribution in [0.15, 0.2) is 41.4 Å². The zero-order chi connectivity index (χ0) is 19.8. The van der Waals surface area contributed by atoms with E-state index in [0.29, 0.717) is 5.56 Å². The van der Waals surface area contributed by atoms with Crippen LogP contribution in [0.3, 0.4) is 0 Å². The van der Waals surface area contributed by atoms with Crippen molar-refractivity contribution in [2.24, 2.45) is 12.8 Å². The van der Waals surface area contributed by atoms with Gasteiger partial charge in [-0.15, -0.1) is 0 Å². The minimum atomic E-state index is -3.80. The van der Waals surface area contributed by atoms with E-state index < -0.39 is 21.7 Å². The summed E-state index contributed by atoms with van der Waals surface area (Å²) in [6.45, 7) is 0.669. The number of hydrogen-bond donors (Lipinski definition) is 1. The lowest BCUT2D eigenvalue weighted by atomic mass is 10.2. The number of primary amides is 1. The molecular formula is C17H19FN4O4S. The van der Waals surface area contributed by atoms with E-state index in [1.807, 2.05) is 0 Å². The average molecular weight is 394 g/mol. The lowest BCUT2D eigenvalue weighted by Crippen LogP contribution is -2.50. The van der Waals surface area contributed by atoms with Gasteiger partial charge in [0.25, 0.3) is 11.8 Å². The Hall–Kier alpha value is -2.72. The van der Waals surface area contributed by atoms with Gasteiger partial charge in [-0.05, 0) is 30.3 Å². The topological polar surface area (TPSA) is 106 Å². The molecule has 0 aliphatic carbocycles. The number of aryl methyl sites for hydroxylation is 1. The number of hydrogen-bond acceptors (Lipinski definition) is 4. The molecule has 1 saturated heterocycles. The van der Waals surface area contributed by atoms with Crippen molar-refractivity contribution in [2.75, 3.05) is 26.2 Å². The van der Waals surface area contributed by atoms with Gasteiger partial charge in [-0.3, -0.25) is 9.59 Å². The standard InChI is InChI=1S/C17H19FN4O4S/c1-20-11-14(10-15(20)16(19)23)27(25,26)22-8-6-21(7-9-22)17(24)12-2-4-13(18)5-3-12/h2-5,10-11H,6-9H2,1H3,(H2,19,23). The number of carbonyl (C=O) groups is 2. The number of sulfonamides is 1. The second-order valence-corrected chi connectivity index (χ2v) is 8.18. The SMILES string of the molecule is Cn1cc(S(=O)(=O)N2CCN(C(=O)c3ccc(F)cc3)CC2)cc1C(N)=O. The lowest BCUT2D eigenvalue weighted by Gasteiger charge is -2.33. The van der Waals surface area contributed by atoms with E-state index in [-0.39, 0.29) is 42.7 Å². The largest absolute Gasteiger partial charge is 0.364 e. The molecule has 2 aromatic rings. The van der Waals surface area contributed by atoms with Crippen molar-refractivity contribution in [1.82, 2.24) is 13.8 Å². The third-order valence-electron chi connectivity index (χ3n) is 4.49. The van der Waals surface area contributed by atoms with Crippen LogP contribution in [0.1, 0.15) is 20.8 Å². The lowest BCUT2D eigenvalue weighted by molar-refractivity contribution is 0.0697. The molecule has 8 nitrogen and oxygen atoms in total. The van der Waals surface area contributed by atoms with Crippen LogP contribution in [0.25, 0.3) is 0 Å². The van der Waals surface area contributed by atoms with Crippen LogP contribution in [-0.2, 0) is 17.1 Å². The number of nitrogens with zero attached hydrogens (tertiary/aromatic N) is 3. The van der Waals surface area contributed by atoms with Gasteiger partial charge in [-0.1, -0.05) is 0 Å². The van der Waals surface area contributed by atoms with E-state index >= 15 is 0 Å². The molecule has 2 heterocycles. The number of amides is 2. The molecule has 10 heteroatoms. The maximum Gasteiger partial charge on any atom is 0.265 e. The van der Waals surface area contributed by atoms with E-state index in [0.717, 1.165) is 0 Å². The van der Waals surface area contributed by atoms with Crippen LogP contribution < -0.4 is 5.73 Å². The first kappa shape index (κ1) is 19.1. The molecule has 1 aliphatic rings. The molecular weight excluding hydrogens is 375 g/mol. The molecule has 1 aliphatic heterocycles. The fraction of sp³-hybridized carbons (Fsp3) is 0.294. The van der Waals surface area contributed by atoms with Gasteiger partial charge in [0.1, 0.15) is 16.4 Å². The molecule has 2 N–H and O–H groups in total. The Morgan fingerprint density at radius 3 is 2.19 bits per heavy atom. The molecule has 0 spiro atoms. The highest BCUT2D eigenvalue weighted by Crippen LogP contribution is 2.20. The first-order valence-corrected chi connectivity index (χ1v) is 9.65. The fourth-order valence-electron chi connectivity index (χ4n) is 2.98. The molecule has 1 aromatic heterocycles. The number of nitrogens with two attached hydrogens (primary N) is 1. The summed E-state index contributed by atoms with van der Waals surface area (Å²) in [5.74, 6) is -1.42. The van der Waals surface area contributed by atoms with Crippen molar-refractivity contribution in [3.63, 3.8) is 0 Å². The Labute approximate surface area is 156 Å². The van der Waals surface area contributed by atoms with E-state index in [1.54, 1.807) is 7.05 Å². The van der Waals surface area contributed by atoms with E-state index in [2.05, 4.69) is 0 Å². The van der Waals surface area contributed by atoms with Gasteiger partial charge in [0, 0.05) is 45.0 Å². The Morgan fingerprint density at radius 1 is 1.07 bits per heavy atom. The van der Waals surface area contributed by atoms with Crippen molar-refractivity contribution in [2.45, 2.75) is 4.90 Å². The van der Waals surface area contributed by atoms with Crippen LogP contribution in [0, 0.1) is 5.82 Å². The average Bonchev–Trinajstić information content (AvgIpc) is 3.05. The van der Waals surface area contributed by atoms with Gasteiger partial charge in [-0.2, -0.15) is 4.31 Å². The molecule has 27 heavy (non-hydrogen) atoms. The molecule has 3 rings (SSSR count). The predicted molar refractivity (Wildman–Crippen MR) is 95.0 cm³/mol. The Bertz CT molecular complexity index is 977. The molecule has 0 atom stereocenters. The molecule has 2 amide bonds. The van der Waals surface area contributed by atoms with Crippen molar-refractivity contribution in [1.29, 1.82) is 0 Å². The van der Waals surface area contributed by atoms with Crippen LogP contribution >= 0.6 is 0 Å². The summed E-state index contributed by atoms with van der Waals surface area (Å²) >= 11 is 0. The Morgan fingerprint density at radius 2 is 1.67 bits per heavy atom. The molecule has 0 radical (unpaired) electrons. The van der Waals surface area contributed by atoms with Gasteiger partial charge < -0.3 is 15.2 Å². The number of rotatable bonds is 4. The molecule has 1 aromatic carbocycles. The zero-order valence-corrected chi connectivity index (χ0v) is 15.4. The first-order valence-electron chi connectivity index (χ1n) is 8.21. The summed E-state index contributed by atoms with van der Waals surface area (Å²) in [7, 11) is -2.26. The quantitative estimate of drug-likeness (QED) is 0.811. The van der Waals surface area contributed by atoms with Crippen LogP contribution in [0.5, 0.6) is 0 Å². The maximum atomic E-state index is 13.0. The monoisotopic (exact) mass is 394 g/mol. The second-order valence-electron chi connectivity index (χ2n) is 6.24. The summed E-state index contributed by atoms with van der Waals surface area (Å²) < 4.78 is 41.2. The van der Waals surface area contributed by atoms with Crippen LogP contribution in [0.2, 0.25) is 0 Å². The summed E-state index contributed by atoms with van der Waals surface area (Å²) in [6.07, 6.45) is 1.34. The van der Waals surface area contributed by atoms with Crippen LogP contribution in [0.4, 0.5) is 4.39 Å². The predicted octanol–water partition coefficient (Wildman–Crippen LogP) is 0.410. The first-order chi connectivity index (χ1) is 12.7. The third-order valence-corrected chi connectivity index (χ3v) is 6.35. The van der Waals surface area contributed by atoms with Crippen LogP contribution in [-0.4, -0.2) is 60.2 Å². The summed E-state index contributed by atoms with van der Waals surface area (Å²) in [6, 6.07) is 6.46. The highest BCUT2D eigenvalue weighted by molar-refractivity contribution is 7.89. The highest BCUT2D eigenvalue weighted by atomic mass is 32.2. The molecule has 0 saturated carbocycles. The zero-order valence-electron chi connectivity index (χ0n) is 14.6. The Kier molecular flexibility index (Phi) is 5.03. The summed E-state index contributed by atoms with van der Waals surface area (Å²) in [4.78, 5) is 25.3.